The molecule has 20 heavy (non-hydrogen) atoms. The van der Waals surface area contributed by atoms with E-state index in [-0.39, 0.29) is 11.8 Å². The van der Waals surface area contributed by atoms with Crippen molar-refractivity contribution in [2.24, 2.45) is 11.7 Å². The normalized spacial score (nSPS) is 20.4. The quantitative estimate of drug-likeness (QED) is 0.697. The van der Waals surface area contributed by atoms with E-state index >= 15 is 0 Å². The van der Waals surface area contributed by atoms with Crippen LogP contribution in [0.15, 0.2) is 24.3 Å². The Balaban J connectivity index is 2.27. The standard InChI is InChI=1S/C14H21BN2O3/c1-3-9(2)12(16)14(18)17-8-10-6-4-5-7-11(10)13(17)15(19)20/h4-7,9,12-13,19-20H,3,8,16H2,1-2H3/t9-,12-,13-/m0/s1. The summed E-state index contributed by atoms with van der Waals surface area (Å²) in [5, 5.41) is 19.2. The average Bonchev–Trinajstić information content (AvgIpc) is 2.84. The van der Waals surface area contributed by atoms with Gasteiger partial charge in [0.05, 0.1) is 12.0 Å². The van der Waals surface area contributed by atoms with Crippen LogP contribution in [0.3, 0.4) is 0 Å². The Labute approximate surface area is 119 Å². The zero-order valence-corrected chi connectivity index (χ0v) is 11.9. The molecule has 0 fully saturated rings. The van der Waals surface area contributed by atoms with Crippen molar-refractivity contribution >= 4 is 13.0 Å². The summed E-state index contributed by atoms with van der Waals surface area (Å²) in [7, 11) is -1.60. The second-order valence-electron chi connectivity index (χ2n) is 5.43. The van der Waals surface area contributed by atoms with E-state index < -0.39 is 19.1 Å². The van der Waals surface area contributed by atoms with Gasteiger partial charge < -0.3 is 20.7 Å². The predicted molar refractivity (Wildman–Crippen MR) is 77.4 cm³/mol. The van der Waals surface area contributed by atoms with Crippen molar-refractivity contribution in [1.82, 2.24) is 4.90 Å². The van der Waals surface area contributed by atoms with E-state index in [0.717, 1.165) is 17.5 Å². The zero-order chi connectivity index (χ0) is 14.9. The van der Waals surface area contributed by atoms with Gasteiger partial charge in [-0.05, 0) is 17.0 Å². The molecule has 0 unspecified atom stereocenters. The maximum absolute atomic E-state index is 12.5. The van der Waals surface area contributed by atoms with Crippen LogP contribution in [0.1, 0.15) is 37.3 Å². The lowest BCUT2D eigenvalue weighted by Crippen LogP contribution is -2.49. The minimum atomic E-state index is -1.60. The minimum Gasteiger partial charge on any atom is -0.426 e. The molecule has 1 aliphatic rings. The summed E-state index contributed by atoms with van der Waals surface area (Å²) in [4.78, 5) is 14.0. The third kappa shape index (κ3) is 2.59. The third-order valence-corrected chi connectivity index (χ3v) is 4.16. The maximum Gasteiger partial charge on any atom is 0.480 e. The topological polar surface area (TPSA) is 86.8 Å². The zero-order valence-electron chi connectivity index (χ0n) is 11.9. The van der Waals surface area contributed by atoms with Crippen molar-refractivity contribution < 1.29 is 14.8 Å². The SMILES string of the molecule is CC[C@H](C)[C@H](N)C(=O)N1Cc2ccccc2[C@H]1B(O)O. The molecule has 1 aromatic carbocycles. The monoisotopic (exact) mass is 276 g/mol. The highest BCUT2D eigenvalue weighted by Crippen LogP contribution is 2.34. The van der Waals surface area contributed by atoms with Gasteiger partial charge >= 0.3 is 7.12 Å². The fourth-order valence-electron chi connectivity index (χ4n) is 2.64. The Hall–Kier alpha value is -1.37. The van der Waals surface area contributed by atoms with Gasteiger partial charge in [-0.15, -0.1) is 0 Å². The van der Waals surface area contributed by atoms with Crippen LogP contribution >= 0.6 is 0 Å². The number of benzene rings is 1. The van der Waals surface area contributed by atoms with E-state index in [2.05, 4.69) is 0 Å². The number of nitrogens with zero attached hydrogens (tertiary/aromatic N) is 1. The highest BCUT2D eigenvalue weighted by molar-refractivity contribution is 6.43. The summed E-state index contributed by atoms with van der Waals surface area (Å²) in [6, 6.07) is 6.81. The van der Waals surface area contributed by atoms with E-state index in [1.165, 1.54) is 4.90 Å². The molecular formula is C14H21BN2O3. The van der Waals surface area contributed by atoms with E-state index in [1.54, 1.807) is 0 Å². The number of carbonyl (C=O) groups excluding carboxylic acids is 1. The lowest BCUT2D eigenvalue weighted by atomic mass is 9.75. The van der Waals surface area contributed by atoms with Crippen LogP contribution in [-0.4, -0.2) is 34.0 Å². The van der Waals surface area contributed by atoms with Crippen molar-refractivity contribution in [3.63, 3.8) is 0 Å². The van der Waals surface area contributed by atoms with E-state index in [4.69, 9.17) is 5.73 Å². The summed E-state index contributed by atoms with van der Waals surface area (Å²) >= 11 is 0. The van der Waals surface area contributed by atoms with Gasteiger partial charge in [0.15, 0.2) is 0 Å². The number of nitrogens with two attached hydrogens (primary N) is 1. The molecule has 0 bridgehead atoms. The molecule has 2 rings (SSSR count). The number of hydrogen-bond donors (Lipinski definition) is 3. The van der Waals surface area contributed by atoms with Gasteiger partial charge in [-0.1, -0.05) is 44.5 Å². The fraction of sp³-hybridized carbons (Fsp3) is 0.500. The molecular weight excluding hydrogens is 255 g/mol. The fourth-order valence-corrected chi connectivity index (χ4v) is 2.64. The molecule has 0 aromatic heterocycles. The first kappa shape index (κ1) is 15.0. The van der Waals surface area contributed by atoms with Gasteiger partial charge in [0, 0.05) is 6.54 Å². The Morgan fingerprint density at radius 1 is 1.50 bits per heavy atom. The molecule has 0 spiro atoms. The molecule has 4 N–H and O–H groups in total. The summed E-state index contributed by atoms with van der Waals surface area (Å²) < 4.78 is 0. The molecule has 108 valence electrons. The van der Waals surface area contributed by atoms with Crippen molar-refractivity contribution in [3.05, 3.63) is 35.4 Å². The third-order valence-electron chi connectivity index (χ3n) is 4.16. The van der Waals surface area contributed by atoms with Crippen molar-refractivity contribution in [2.45, 2.75) is 38.8 Å². The van der Waals surface area contributed by atoms with Gasteiger partial charge in [-0.3, -0.25) is 4.79 Å². The first-order valence-corrected chi connectivity index (χ1v) is 6.97. The number of carbonyl (C=O) groups is 1. The highest BCUT2D eigenvalue weighted by atomic mass is 16.4. The first-order chi connectivity index (χ1) is 9.47. The lowest BCUT2D eigenvalue weighted by Gasteiger charge is -2.29. The second kappa shape index (κ2) is 5.95. The number of fused-ring (bicyclic) bond motifs is 1. The number of hydrogen-bond acceptors (Lipinski definition) is 4. The summed E-state index contributed by atoms with van der Waals surface area (Å²) in [6.07, 6.45) is 0.806. The summed E-state index contributed by atoms with van der Waals surface area (Å²) in [5.74, 6) is -0.898. The first-order valence-electron chi connectivity index (χ1n) is 6.97. The lowest BCUT2D eigenvalue weighted by molar-refractivity contribution is -0.135. The average molecular weight is 276 g/mol. The second-order valence-corrected chi connectivity index (χ2v) is 5.43. The Morgan fingerprint density at radius 3 is 2.75 bits per heavy atom. The highest BCUT2D eigenvalue weighted by Gasteiger charge is 2.42. The van der Waals surface area contributed by atoms with Crippen LogP contribution in [0, 0.1) is 5.92 Å². The van der Waals surface area contributed by atoms with Gasteiger partial charge in [0.2, 0.25) is 5.91 Å². The molecule has 0 aliphatic carbocycles. The summed E-state index contributed by atoms with van der Waals surface area (Å²) in [6.45, 7) is 4.28. The molecule has 1 aliphatic heterocycles. The van der Waals surface area contributed by atoms with Gasteiger partial charge in [-0.25, -0.2) is 0 Å². The Bertz CT molecular complexity index is 495. The smallest absolute Gasteiger partial charge is 0.426 e. The molecule has 3 atom stereocenters. The minimum absolute atomic E-state index is 0.0581. The van der Waals surface area contributed by atoms with E-state index in [1.807, 2.05) is 38.1 Å². The van der Waals surface area contributed by atoms with Gasteiger partial charge in [0.25, 0.3) is 0 Å². The maximum atomic E-state index is 12.5. The molecule has 6 heteroatoms. The molecule has 1 heterocycles. The van der Waals surface area contributed by atoms with E-state index in [9.17, 15) is 14.8 Å². The van der Waals surface area contributed by atoms with Gasteiger partial charge in [-0.2, -0.15) is 0 Å². The van der Waals surface area contributed by atoms with Crippen molar-refractivity contribution in [2.75, 3.05) is 0 Å². The van der Waals surface area contributed by atoms with Crippen LogP contribution in [0.5, 0.6) is 0 Å². The largest absolute Gasteiger partial charge is 0.480 e. The van der Waals surface area contributed by atoms with Crippen LogP contribution in [-0.2, 0) is 11.3 Å². The molecule has 0 radical (unpaired) electrons. The van der Waals surface area contributed by atoms with E-state index in [0.29, 0.717) is 6.54 Å². The Kier molecular flexibility index (Phi) is 4.47. The number of amides is 1. The molecule has 5 nitrogen and oxygen atoms in total. The Morgan fingerprint density at radius 2 is 2.15 bits per heavy atom. The molecule has 0 saturated heterocycles. The molecule has 1 amide bonds. The van der Waals surface area contributed by atoms with Crippen LogP contribution in [0.4, 0.5) is 0 Å². The predicted octanol–water partition coefficient (Wildman–Crippen LogP) is 0.455. The molecule has 0 saturated carbocycles. The van der Waals surface area contributed by atoms with Crippen molar-refractivity contribution in [3.8, 4) is 0 Å². The van der Waals surface area contributed by atoms with Crippen LogP contribution in [0.2, 0.25) is 0 Å². The van der Waals surface area contributed by atoms with Crippen LogP contribution in [0.25, 0.3) is 0 Å². The van der Waals surface area contributed by atoms with Crippen molar-refractivity contribution in [1.29, 1.82) is 0 Å². The van der Waals surface area contributed by atoms with Crippen LogP contribution < -0.4 is 5.73 Å². The molecule has 1 aromatic rings. The summed E-state index contributed by atoms with van der Waals surface area (Å²) in [5.41, 5.74) is 7.72. The number of rotatable bonds is 4. The van der Waals surface area contributed by atoms with Gasteiger partial charge in [0.1, 0.15) is 0 Å².